The summed E-state index contributed by atoms with van der Waals surface area (Å²) in [7, 11) is 0. The molecule has 0 atom stereocenters. The molecule has 5 heteroatoms. The second-order valence-corrected chi connectivity index (χ2v) is 5.33. The zero-order valence-corrected chi connectivity index (χ0v) is 11.7. The number of rotatable bonds is 4. The Bertz CT molecular complexity index is 495. The van der Waals surface area contributed by atoms with E-state index in [0.29, 0.717) is 5.69 Å². The summed E-state index contributed by atoms with van der Waals surface area (Å²) in [5.41, 5.74) is 2.13. The van der Waals surface area contributed by atoms with Crippen LogP contribution >= 0.6 is 0 Å². The van der Waals surface area contributed by atoms with Crippen LogP contribution < -0.4 is 10.6 Å². The van der Waals surface area contributed by atoms with Gasteiger partial charge in [-0.2, -0.15) is 0 Å². The number of nitrogens with one attached hydrogen (secondary N) is 2. The van der Waals surface area contributed by atoms with Gasteiger partial charge in [-0.25, -0.2) is 4.79 Å². The van der Waals surface area contributed by atoms with E-state index in [1.165, 1.54) is 0 Å². The number of urea groups is 1. The molecule has 0 aliphatic carbocycles. The zero-order chi connectivity index (χ0) is 14.6. The number of carboxylic acid groups (broad SMARTS) is 1. The van der Waals surface area contributed by atoms with Gasteiger partial charge < -0.3 is 15.7 Å². The molecule has 1 aromatic carbocycles. The Kier molecular flexibility index (Phi) is 4.53. The van der Waals surface area contributed by atoms with Crippen LogP contribution in [0.3, 0.4) is 0 Å². The smallest absolute Gasteiger partial charge is 0.319 e. The van der Waals surface area contributed by atoms with Crippen molar-refractivity contribution in [3.05, 3.63) is 29.3 Å². The summed E-state index contributed by atoms with van der Waals surface area (Å²) in [6, 6.07) is 5.20. The van der Waals surface area contributed by atoms with E-state index < -0.39 is 17.5 Å². The third kappa shape index (κ3) is 4.99. The van der Waals surface area contributed by atoms with Crippen molar-refractivity contribution in [1.82, 2.24) is 5.32 Å². The largest absolute Gasteiger partial charge is 0.481 e. The second kappa shape index (κ2) is 5.73. The summed E-state index contributed by atoms with van der Waals surface area (Å²) in [6.07, 6.45) is -0.132. The fraction of sp³-hybridized carbons (Fsp3) is 0.429. The minimum Gasteiger partial charge on any atom is -0.481 e. The van der Waals surface area contributed by atoms with E-state index in [4.69, 9.17) is 5.11 Å². The van der Waals surface area contributed by atoms with Gasteiger partial charge >= 0.3 is 12.0 Å². The van der Waals surface area contributed by atoms with E-state index in [9.17, 15) is 9.59 Å². The Morgan fingerprint density at radius 2 is 1.84 bits per heavy atom. The Hall–Kier alpha value is -2.04. The van der Waals surface area contributed by atoms with Crippen molar-refractivity contribution >= 4 is 17.7 Å². The van der Waals surface area contributed by atoms with E-state index in [0.717, 1.165) is 11.1 Å². The molecule has 0 saturated carbocycles. The number of amides is 2. The van der Waals surface area contributed by atoms with Crippen LogP contribution in [0.5, 0.6) is 0 Å². The lowest BCUT2D eigenvalue weighted by Crippen LogP contribution is -2.46. The molecule has 0 saturated heterocycles. The minimum absolute atomic E-state index is 0.132. The molecule has 0 radical (unpaired) electrons. The van der Waals surface area contributed by atoms with E-state index in [1.807, 2.05) is 32.0 Å². The molecule has 1 aromatic rings. The Labute approximate surface area is 113 Å². The van der Waals surface area contributed by atoms with Crippen molar-refractivity contribution in [3.63, 3.8) is 0 Å². The van der Waals surface area contributed by atoms with Crippen molar-refractivity contribution in [2.24, 2.45) is 0 Å². The van der Waals surface area contributed by atoms with Crippen molar-refractivity contribution in [2.75, 3.05) is 5.32 Å². The number of carbonyl (C=O) groups is 2. The second-order valence-electron chi connectivity index (χ2n) is 5.33. The summed E-state index contributed by atoms with van der Waals surface area (Å²) >= 11 is 0. The first-order valence-electron chi connectivity index (χ1n) is 6.08. The van der Waals surface area contributed by atoms with E-state index >= 15 is 0 Å². The lowest BCUT2D eigenvalue weighted by Gasteiger charge is -2.24. The molecule has 0 spiro atoms. The predicted molar refractivity (Wildman–Crippen MR) is 74.4 cm³/mol. The van der Waals surface area contributed by atoms with Crippen LogP contribution in [0.1, 0.15) is 31.4 Å². The molecule has 0 aliphatic rings. The quantitative estimate of drug-likeness (QED) is 0.782. The maximum atomic E-state index is 11.8. The van der Waals surface area contributed by atoms with E-state index in [2.05, 4.69) is 10.6 Å². The van der Waals surface area contributed by atoms with Crippen molar-refractivity contribution < 1.29 is 14.7 Å². The summed E-state index contributed by atoms with van der Waals surface area (Å²) in [5, 5.41) is 14.1. The Morgan fingerprint density at radius 1 is 1.21 bits per heavy atom. The molecule has 19 heavy (non-hydrogen) atoms. The average molecular weight is 264 g/mol. The average Bonchev–Trinajstić information content (AvgIpc) is 2.20. The number of hydrogen-bond acceptors (Lipinski definition) is 2. The van der Waals surface area contributed by atoms with Crippen molar-refractivity contribution in [2.45, 2.75) is 39.7 Å². The fourth-order valence-electron chi connectivity index (χ4n) is 1.71. The molecule has 5 nitrogen and oxygen atoms in total. The first-order valence-corrected chi connectivity index (χ1v) is 6.08. The maximum absolute atomic E-state index is 11.8. The molecule has 0 fully saturated rings. The molecule has 1 rings (SSSR count). The minimum atomic E-state index is -0.948. The Morgan fingerprint density at radius 3 is 2.37 bits per heavy atom. The number of hydrogen-bond donors (Lipinski definition) is 3. The topological polar surface area (TPSA) is 78.4 Å². The number of anilines is 1. The van der Waals surface area contributed by atoms with Crippen LogP contribution in [0.2, 0.25) is 0 Å². The van der Waals surface area contributed by atoms with Gasteiger partial charge in [0.2, 0.25) is 0 Å². The van der Waals surface area contributed by atoms with Crippen LogP contribution in [-0.4, -0.2) is 22.6 Å². The molecular formula is C14H20N2O3. The number of aryl methyl sites for hydroxylation is 2. The predicted octanol–water partition coefficient (Wildman–Crippen LogP) is 2.68. The lowest BCUT2D eigenvalue weighted by atomic mass is 10.0. The van der Waals surface area contributed by atoms with E-state index in [1.54, 1.807) is 13.8 Å². The van der Waals surface area contributed by atoms with Crippen LogP contribution in [0, 0.1) is 13.8 Å². The van der Waals surface area contributed by atoms with Crippen LogP contribution in [-0.2, 0) is 4.79 Å². The van der Waals surface area contributed by atoms with Gasteiger partial charge in [-0.1, -0.05) is 6.07 Å². The zero-order valence-electron chi connectivity index (χ0n) is 11.7. The Balaban J connectivity index is 2.64. The summed E-state index contributed by atoms with van der Waals surface area (Å²) in [5.74, 6) is -0.948. The third-order valence-corrected chi connectivity index (χ3v) is 2.81. The van der Waals surface area contributed by atoms with E-state index in [-0.39, 0.29) is 6.42 Å². The first-order chi connectivity index (χ1) is 8.69. The normalized spacial score (nSPS) is 10.9. The fourth-order valence-corrected chi connectivity index (χ4v) is 1.71. The highest BCUT2D eigenvalue weighted by atomic mass is 16.4. The van der Waals surface area contributed by atoms with Gasteiger partial charge in [0.15, 0.2) is 0 Å². The van der Waals surface area contributed by atoms with Crippen LogP contribution in [0.25, 0.3) is 0 Å². The van der Waals surface area contributed by atoms with Gasteiger partial charge in [0.1, 0.15) is 0 Å². The molecule has 0 unspecified atom stereocenters. The SMILES string of the molecule is Cc1ccc(NC(=O)NC(C)(C)CC(=O)O)cc1C. The third-order valence-electron chi connectivity index (χ3n) is 2.81. The van der Waals surface area contributed by atoms with Gasteiger partial charge in [0.05, 0.1) is 6.42 Å². The standard InChI is InChI=1S/C14H20N2O3/c1-9-5-6-11(7-10(9)2)15-13(19)16-14(3,4)8-12(17)18/h5-7H,8H2,1-4H3,(H,17,18)(H2,15,16,19). The maximum Gasteiger partial charge on any atom is 0.319 e. The number of benzene rings is 1. The highest BCUT2D eigenvalue weighted by molar-refractivity contribution is 5.90. The molecular weight excluding hydrogens is 244 g/mol. The molecule has 0 heterocycles. The molecule has 0 bridgehead atoms. The summed E-state index contributed by atoms with van der Waals surface area (Å²) in [4.78, 5) is 22.5. The molecule has 0 aliphatic heterocycles. The van der Waals surface area contributed by atoms with Gasteiger partial charge in [0.25, 0.3) is 0 Å². The van der Waals surface area contributed by atoms with Crippen LogP contribution in [0.4, 0.5) is 10.5 Å². The molecule has 2 amide bonds. The van der Waals surface area contributed by atoms with Gasteiger partial charge in [-0.3, -0.25) is 4.79 Å². The van der Waals surface area contributed by atoms with Crippen molar-refractivity contribution in [3.8, 4) is 0 Å². The number of carbonyl (C=O) groups excluding carboxylic acids is 1. The number of carboxylic acids is 1. The van der Waals surface area contributed by atoms with Gasteiger partial charge in [-0.05, 0) is 51.0 Å². The molecule has 104 valence electrons. The van der Waals surface area contributed by atoms with Crippen molar-refractivity contribution in [1.29, 1.82) is 0 Å². The highest BCUT2D eigenvalue weighted by Crippen LogP contribution is 2.15. The molecule has 3 N–H and O–H groups in total. The highest BCUT2D eigenvalue weighted by Gasteiger charge is 2.23. The summed E-state index contributed by atoms with van der Waals surface area (Å²) < 4.78 is 0. The number of aliphatic carboxylic acids is 1. The lowest BCUT2D eigenvalue weighted by molar-refractivity contribution is -0.138. The monoisotopic (exact) mass is 264 g/mol. The summed E-state index contributed by atoms with van der Waals surface area (Å²) in [6.45, 7) is 7.30. The van der Waals surface area contributed by atoms with Crippen LogP contribution in [0.15, 0.2) is 18.2 Å². The van der Waals surface area contributed by atoms with Gasteiger partial charge in [0, 0.05) is 11.2 Å². The first kappa shape index (κ1) is 15.0. The molecule has 0 aromatic heterocycles. The van der Waals surface area contributed by atoms with Gasteiger partial charge in [-0.15, -0.1) is 0 Å².